The number of aromatic nitrogens is 4. The van der Waals surface area contributed by atoms with Gasteiger partial charge in [0.25, 0.3) is 5.91 Å². The number of ether oxygens (including phenoxy) is 2. The normalized spacial score (nSPS) is 22.1. The maximum Gasteiger partial charge on any atom is 0.267 e. The predicted octanol–water partition coefficient (Wildman–Crippen LogP) is 1.52. The summed E-state index contributed by atoms with van der Waals surface area (Å²) in [4.78, 5) is 29.9. The summed E-state index contributed by atoms with van der Waals surface area (Å²) in [6, 6.07) is 7.37. The van der Waals surface area contributed by atoms with Crippen molar-refractivity contribution in [3.8, 4) is 11.5 Å². The van der Waals surface area contributed by atoms with Gasteiger partial charge in [0, 0.05) is 32.6 Å². The molecule has 5 rings (SSSR count). The summed E-state index contributed by atoms with van der Waals surface area (Å²) in [5.41, 5.74) is -0.0989. The summed E-state index contributed by atoms with van der Waals surface area (Å²) < 4.78 is 13.3. The minimum absolute atomic E-state index is 0.0842. The number of carbonyl (C=O) groups excluding carboxylic acids is 2. The zero-order valence-corrected chi connectivity index (χ0v) is 18.8. The van der Waals surface area contributed by atoms with Crippen molar-refractivity contribution in [1.29, 1.82) is 0 Å². The van der Waals surface area contributed by atoms with Gasteiger partial charge in [0.15, 0.2) is 11.5 Å². The Morgan fingerprint density at radius 3 is 2.45 bits per heavy atom. The molecule has 2 aromatic rings. The van der Waals surface area contributed by atoms with Crippen LogP contribution in [0, 0.1) is 5.41 Å². The molecule has 1 aliphatic carbocycles. The van der Waals surface area contributed by atoms with Crippen molar-refractivity contribution < 1.29 is 19.1 Å². The zero-order valence-electron chi connectivity index (χ0n) is 18.8. The summed E-state index contributed by atoms with van der Waals surface area (Å²) in [5.74, 6) is 1.33. The Labute approximate surface area is 192 Å². The van der Waals surface area contributed by atoms with Gasteiger partial charge in [0.05, 0.1) is 6.54 Å². The van der Waals surface area contributed by atoms with E-state index in [1.807, 2.05) is 29.2 Å². The number of tetrazole rings is 1. The van der Waals surface area contributed by atoms with E-state index in [-0.39, 0.29) is 23.8 Å². The van der Waals surface area contributed by atoms with Gasteiger partial charge in [0.2, 0.25) is 12.0 Å². The minimum atomic E-state index is -0.649. The van der Waals surface area contributed by atoms with Gasteiger partial charge in [-0.05, 0) is 40.8 Å². The van der Waals surface area contributed by atoms with Gasteiger partial charge >= 0.3 is 0 Å². The standard InChI is InChI=1S/C23H30N6O4/c30-21(14-23(8-4-1-5-9-23)16-29-17-24-25-26-29)27-10-12-28(13-11-27)22(31)20-15-32-18-6-2-3-7-19(18)33-20/h2-3,6-7,17,20H,1,4-5,8-16H2/t20-/m1/s1. The van der Waals surface area contributed by atoms with Crippen LogP contribution in [0.3, 0.4) is 0 Å². The molecule has 0 unspecified atom stereocenters. The fourth-order valence-electron chi connectivity index (χ4n) is 5.24. The van der Waals surface area contributed by atoms with Gasteiger partial charge in [-0.3, -0.25) is 9.59 Å². The number of hydrogen-bond donors (Lipinski definition) is 0. The summed E-state index contributed by atoms with van der Waals surface area (Å²) >= 11 is 0. The first-order valence-corrected chi connectivity index (χ1v) is 11.8. The van der Waals surface area contributed by atoms with Crippen LogP contribution in [0.1, 0.15) is 38.5 Å². The molecule has 3 aliphatic rings. The predicted molar refractivity (Wildman–Crippen MR) is 117 cm³/mol. The molecule has 1 aromatic heterocycles. The molecule has 2 amide bonds. The van der Waals surface area contributed by atoms with E-state index < -0.39 is 6.10 Å². The van der Waals surface area contributed by atoms with Gasteiger partial charge in [-0.25, -0.2) is 4.68 Å². The molecule has 1 aromatic carbocycles. The Morgan fingerprint density at radius 2 is 1.73 bits per heavy atom. The van der Waals surface area contributed by atoms with E-state index in [1.54, 1.807) is 15.9 Å². The molecule has 0 N–H and O–H groups in total. The van der Waals surface area contributed by atoms with Crippen molar-refractivity contribution in [2.45, 2.75) is 51.2 Å². The van der Waals surface area contributed by atoms with E-state index in [9.17, 15) is 9.59 Å². The van der Waals surface area contributed by atoms with Crippen molar-refractivity contribution in [2.24, 2.45) is 5.41 Å². The van der Waals surface area contributed by atoms with Crippen molar-refractivity contribution in [1.82, 2.24) is 30.0 Å². The van der Waals surface area contributed by atoms with Crippen LogP contribution in [-0.4, -0.2) is 80.7 Å². The molecule has 33 heavy (non-hydrogen) atoms. The number of nitrogens with zero attached hydrogens (tertiary/aromatic N) is 6. The molecule has 0 spiro atoms. The van der Waals surface area contributed by atoms with Gasteiger partial charge in [-0.2, -0.15) is 0 Å². The first-order chi connectivity index (χ1) is 16.1. The number of rotatable bonds is 5. The maximum absolute atomic E-state index is 13.2. The van der Waals surface area contributed by atoms with Crippen LogP contribution in [0.25, 0.3) is 0 Å². The topological polar surface area (TPSA) is 103 Å². The number of fused-ring (bicyclic) bond motifs is 1. The van der Waals surface area contributed by atoms with Crippen molar-refractivity contribution in [2.75, 3.05) is 32.8 Å². The first-order valence-electron chi connectivity index (χ1n) is 11.8. The second-order valence-corrected chi connectivity index (χ2v) is 9.32. The molecule has 1 saturated heterocycles. The summed E-state index contributed by atoms with van der Waals surface area (Å²) in [6.07, 6.45) is 6.97. The minimum Gasteiger partial charge on any atom is -0.485 e. The highest BCUT2D eigenvalue weighted by Crippen LogP contribution is 2.41. The maximum atomic E-state index is 13.2. The van der Waals surface area contributed by atoms with Crippen LogP contribution in [-0.2, 0) is 16.1 Å². The lowest BCUT2D eigenvalue weighted by Crippen LogP contribution is -2.55. The summed E-state index contributed by atoms with van der Waals surface area (Å²) in [6.45, 7) is 2.96. The average Bonchev–Trinajstić information content (AvgIpc) is 3.36. The molecule has 0 bridgehead atoms. The SMILES string of the molecule is O=C(CC1(Cn2cnnn2)CCCCC1)N1CCN(C(=O)[C@H]2COc3ccccc3O2)CC1. The number of hydrogen-bond acceptors (Lipinski definition) is 7. The van der Waals surface area contributed by atoms with Crippen LogP contribution in [0.5, 0.6) is 11.5 Å². The van der Waals surface area contributed by atoms with Crippen LogP contribution >= 0.6 is 0 Å². The fourth-order valence-corrected chi connectivity index (χ4v) is 5.24. The molecule has 1 saturated carbocycles. The van der Waals surface area contributed by atoms with Gasteiger partial charge < -0.3 is 19.3 Å². The molecular formula is C23H30N6O4. The largest absolute Gasteiger partial charge is 0.485 e. The third kappa shape index (κ3) is 4.79. The van der Waals surface area contributed by atoms with E-state index in [2.05, 4.69) is 15.5 Å². The van der Waals surface area contributed by atoms with E-state index >= 15 is 0 Å². The summed E-state index contributed by atoms with van der Waals surface area (Å²) in [7, 11) is 0. The van der Waals surface area contributed by atoms with E-state index in [0.29, 0.717) is 50.6 Å². The quantitative estimate of drug-likeness (QED) is 0.675. The first kappa shape index (κ1) is 21.7. The molecule has 0 radical (unpaired) electrons. The fraction of sp³-hybridized carbons (Fsp3) is 0.609. The zero-order chi connectivity index (χ0) is 22.7. The van der Waals surface area contributed by atoms with E-state index in [1.165, 1.54) is 6.42 Å². The Balaban J connectivity index is 1.16. The lowest BCUT2D eigenvalue weighted by atomic mass is 9.71. The van der Waals surface area contributed by atoms with Crippen LogP contribution in [0.2, 0.25) is 0 Å². The smallest absolute Gasteiger partial charge is 0.267 e. The van der Waals surface area contributed by atoms with E-state index in [4.69, 9.17) is 9.47 Å². The van der Waals surface area contributed by atoms with Gasteiger partial charge in [0.1, 0.15) is 12.9 Å². The van der Waals surface area contributed by atoms with Crippen LogP contribution in [0.15, 0.2) is 30.6 Å². The highest BCUT2D eigenvalue weighted by atomic mass is 16.6. The Kier molecular flexibility index (Phi) is 6.15. The highest BCUT2D eigenvalue weighted by molar-refractivity contribution is 5.82. The third-order valence-electron chi connectivity index (χ3n) is 7.06. The molecule has 2 aliphatic heterocycles. The van der Waals surface area contributed by atoms with Crippen LogP contribution in [0.4, 0.5) is 0 Å². The Morgan fingerprint density at radius 1 is 1.00 bits per heavy atom. The number of carbonyl (C=O) groups is 2. The number of para-hydroxylation sites is 2. The number of amides is 2. The van der Waals surface area contributed by atoms with Crippen LogP contribution < -0.4 is 9.47 Å². The number of benzene rings is 1. The second kappa shape index (κ2) is 9.36. The van der Waals surface area contributed by atoms with Crippen molar-refractivity contribution in [3.05, 3.63) is 30.6 Å². The van der Waals surface area contributed by atoms with E-state index in [0.717, 1.165) is 25.7 Å². The summed E-state index contributed by atoms with van der Waals surface area (Å²) in [5, 5.41) is 11.5. The molecule has 1 atom stereocenters. The molecule has 2 fully saturated rings. The Hall–Kier alpha value is -3.17. The highest BCUT2D eigenvalue weighted by Gasteiger charge is 2.38. The molecule has 10 nitrogen and oxygen atoms in total. The lowest BCUT2D eigenvalue weighted by molar-refractivity contribution is -0.147. The van der Waals surface area contributed by atoms with Gasteiger partial charge in [-0.1, -0.05) is 31.4 Å². The third-order valence-corrected chi connectivity index (χ3v) is 7.06. The molecule has 3 heterocycles. The lowest BCUT2D eigenvalue weighted by Gasteiger charge is -2.40. The molecular weight excluding hydrogens is 424 g/mol. The second-order valence-electron chi connectivity index (χ2n) is 9.32. The average molecular weight is 455 g/mol. The van der Waals surface area contributed by atoms with Gasteiger partial charge in [-0.15, -0.1) is 5.10 Å². The molecule has 176 valence electrons. The number of piperazine rings is 1. The Bertz CT molecular complexity index is 967. The van der Waals surface area contributed by atoms with Crippen molar-refractivity contribution in [3.63, 3.8) is 0 Å². The van der Waals surface area contributed by atoms with Crippen molar-refractivity contribution >= 4 is 11.8 Å². The monoisotopic (exact) mass is 454 g/mol. The molecule has 10 heteroatoms.